The van der Waals surface area contributed by atoms with Gasteiger partial charge in [-0.2, -0.15) is 0 Å². The summed E-state index contributed by atoms with van der Waals surface area (Å²) in [7, 11) is 1.47. The molecular weight excluding hydrogens is 258 g/mol. The Hall–Kier alpha value is -1.46. The molecule has 5 nitrogen and oxygen atoms in total. The normalized spacial score (nSPS) is 23.0. The number of ether oxygens (including phenoxy) is 1. The number of carboxylic acid groups (broad SMARTS) is 1. The second-order valence-electron chi connectivity index (χ2n) is 4.28. The van der Waals surface area contributed by atoms with Gasteiger partial charge in [-0.15, -0.1) is 0 Å². The van der Waals surface area contributed by atoms with Crippen LogP contribution >= 0.6 is 11.6 Å². The minimum atomic E-state index is -0.830. The molecule has 0 aromatic heterocycles. The molecule has 1 heterocycles. The maximum Gasteiger partial charge on any atom is 0.307 e. The highest BCUT2D eigenvalue weighted by Crippen LogP contribution is 2.38. The second-order valence-corrected chi connectivity index (χ2v) is 4.68. The van der Waals surface area contributed by atoms with Crippen LogP contribution in [-0.4, -0.2) is 29.8 Å². The summed E-state index contributed by atoms with van der Waals surface area (Å²) in [6, 6.07) is 2.85. The van der Waals surface area contributed by atoms with Crippen LogP contribution in [0.25, 0.3) is 0 Å². The van der Waals surface area contributed by atoms with Crippen LogP contribution < -0.4 is 10.1 Å². The van der Waals surface area contributed by atoms with Crippen LogP contribution in [0.1, 0.15) is 18.0 Å². The smallest absolute Gasteiger partial charge is 0.307 e. The van der Waals surface area contributed by atoms with E-state index in [-0.39, 0.29) is 11.8 Å². The molecule has 1 aromatic rings. The number of phenolic OH excluding ortho intramolecular Hbond substituents is 1. The highest BCUT2D eigenvalue weighted by molar-refractivity contribution is 6.32. The topological polar surface area (TPSA) is 78.8 Å². The van der Waals surface area contributed by atoms with Gasteiger partial charge >= 0.3 is 5.97 Å². The molecule has 18 heavy (non-hydrogen) atoms. The Morgan fingerprint density at radius 2 is 2.28 bits per heavy atom. The molecule has 1 saturated heterocycles. The molecule has 2 unspecified atom stereocenters. The Morgan fingerprint density at radius 3 is 2.83 bits per heavy atom. The van der Waals surface area contributed by atoms with Gasteiger partial charge in [-0.25, -0.2) is 0 Å². The van der Waals surface area contributed by atoms with E-state index >= 15 is 0 Å². The molecule has 0 amide bonds. The molecule has 0 spiro atoms. The molecule has 6 heteroatoms. The Bertz CT molecular complexity index is 477. The second kappa shape index (κ2) is 5.04. The number of hydrogen-bond donors (Lipinski definition) is 3. The summed E-state index contributed by atoms with van der Waals surface area (Å²) in [5.74, 6) is -0.815. The van der Waals surface area contributed by atoms with E-state index < -0.39 is 11.9 Å². The van der Waals surface area contributed by atoms with Crippen LogP contribution in [0, 0.1) is 5.92 Å². The SMILES string of the molecule is COc1cc(O)c(C2CC(C(=O)O)CN2)cc1Cl. The van der Waals surface area contributed by atoms with E-state index in [4.69, 9.17) is 21.4 Å². The highest BCUT2D eigenvalue weighted by atomic mass is 35.5. The van der Waals surface area contributed by atoms with Gasteiger partial charge in [0.1, 0.15) is 11.5 Å². The average Bonchev–Trinajstić information content (AvgIpc) is 2.81. The first-order valence-corrected chi connectivity index (χ1v) is 5.93. The number of aliphatic carboxylic acids is 1. The molecule has 1 fully saturated rings. The maximum atomic E-state index is 10.9. The lowest BCUT2D eigenvalue weighted by Gasteiger charge is -2.14. The number of carboxylic acids is 1. The lowest BCUT2D eigenvalue weighted by atomic mass is 9.99. The zero-order chi connectivity index (χ0) is 13.3. The van der Waals surface area contributed by atoms with Crippen LogP contribution in [0.3, 0.4) is 0 Å². The first-order chi connectivity index (χ1) is 8.52. The van der Waals surface area contributed by atoms with Gasteiger partial charge in [0.15, 0.2) is 0 Å². The van der Waals surface area contributed by atoms with Crippen molar-refractivity contribution in [3.05, 3.63) is 22.7 Å². The van der Waals surface area contributed by atoms with Crippen LogP contribution in [0.5, 0.6) is 11.5 Å². The van der Waals surface area contributed by atoms with E-state index in [1.54, 1.807) is 6.07 Å². The van der Waals surface area contributed by atoms with Crippen molar-refractivity contribution in [2.75, 3.05) is 13.7 Å². The van der Waals surface area contributed by atoms with E-state index in [1.165, 1.54) is 13.2 Å². The summed E-state index contributed by atoms with van der Waals surface area (Å²) in [6.45, 7) is 0.392. The van der Waals surface area contributed by atoms with Gasteiger partial charge in [-0.3, -0.25) is 4.79 Å². The first kappa shape index (κ1) is 13.0. The predicted octanol–water partition coefficient (Wildman–Crippen LogP) is 1.79. The molecule has 0 saturated carbocycles. The molecule has 2 rings (SSSR count). The van der Waals surface area contributed by atoms with Gasteiger partial charge in [0.2, 0.25) is 0 Å². The van der Waals surface area contributed by atoms with Crippen molar-refractivity contribution in [1.82, 2.24) is 5.32 Å². The minimum absolute atomic E-state index is 0.0554. The zero-order valence-electron chi connectivity index (χ0n) is 9.81. The summed E-state index contributed by atoms with van der Waals surface area (Å²) in [5.41, 5.74) is 0.601. The van der Waals surface area contributed by atoms with Gasteiger partial charge in [0, 0.05) is 24.2 Å². The van der Waals surface area contributed by atoms with Crippen LogP contribution in [0.2, 0.25) is 5.02 Å². The molecule has 2 atom stereocenters. The number of hydrogen-bond acceptors (Lipinski definition) is 4. The van der Waals surface area contributed by atoms with Gasteiger partial charge in [0.25, 0.3) is 0 Å². The molecular formula is C12H14ClNO4. The summed E-state index contributed by atoms with van der Waals surface area (Å²) in [5, 5.41) is 22.3. The third kappa shape index (κ3) is 2.37. The first-order valence-electron chi connectivity index (χ1n) is 5.55. The van der Waals surface area contributed by atoms with Crippen molar-refractivity contribution in [2.24, 2.45) is 5.92 Å². The van der Waals surface area contributed by atoms with Gasteiger partial charge in [0.05, 0.1) is 18.1 Å². The van der Waals surface area contributed by atoms with Crippen molar-refractivity contribution in [1.29, 1.82) is 0 Å². The Morgan fingerprint density at radius 1 is 1.56 bits per heavy atom. The molecule has 1 aliphatic heterocycles. The minimum Gasteiger partial charge on any atom is -0.507 e. The van der Waals surface area contributed by atoms with Crippen molar-refractivity contribution in [2.45, 2.75) is 12.5 Å². The van der Waals surface area contributed by atoms with Crippen molar-refractivity contribution < 1.29 is 19.7 Å². The Balaban J connectivity index is 2.25. The van der Waals surface area contributed by atoms with E-state index in [1.807, 2.05) is 0 Å². The monoisotopic (exact) mass is 271 g/mol. The molecule has 1 aliphatic rings. The lowest BCUT2D eigenvalue weighted by Crippen LogP contribution is -2.17. The molecule has 98 valence electrons. The van der Waals surface area contributed by atoms with Crippen molar-refractivity contribution in [3.63, 3.8) is 0 Å². The number of nitrogens with one attached hydrogen (secondary N) is 1. The van der Waals surface area contributed by atoms with Gasteiger partial charge in [-0.1, -0.05) is 11.6 Å². The molecule has 0 radical (unpaired) electrons. The van der Waals surface area contributed by atoms with Crippen LogP contribution in [0.15, 0.2) is 12.1 Å². The molecule has 0 bridgehead atoms. The number of aromatic hydroxyl groups is 1. The van der Waals surface area contributed by atoms with E-state index in [9.17, 15) is 9.90 Å². The number of halogens is 1. The number of phenols is 1. The van der Waals surface area contributed by atoms with Crippen molar-refractivity contribution >= 4 is 17.6 Å². The largest absolute Gasteiger partial charge is 0.507 e. The third-order valence-electron chi connectivity index (χ3n) is 3.16. The fourth-order valence-corrected chi connectivity index (χ4v) is 2.40. The lowest BCUT2D eigenvalue weighted by molar-refractivity contribution is -0.141. The van der Waals surface area contributed by atoms with E-state index in [0.717, 1.165) is 0 Å². The Kier molecular flexibility index (Phi) is 3.63. The summed E-state index contributed by atoms with van der Waals surface area (Å²) >= 11 is 6.00. The number of carbonyl (C=O) groups is 1. The summed E-state index contributed by atoms with van der Waals surface area (Å²) in [4.78, 5) is 10.9. The highest BCUT2D eigenvalue weighted by Gasteiger charge is 2.31. The number of rotatable bonds is 3. The van der Waals surface area contributed by atoms with Crippen LogP contribution in [-0.2, 0) is 4.79 Å². The summed E-state index contributed by atoms with van der Waals surface area (Å²) < 4.78 is 5.00. The maximum absolute atomic E-state index is 10.9. The summed E-state index contributed by atoms with van der Waals surface area (Å²) in [6.07, 6.45) is 0.436. The number of methoxy groups -OCH3 is 1. The number of benzene rings is 1. The fourth-order valence-electron chi connectivity index (χ4n) is 2.15. The average molecular weight is 272 g/mol. The quantitative estimate of drug-likeness (QED) is 0.781. The Labute approximate surface area is 109 Å². The predicted molar refractivity (Wildman–Crippen MR) is 66.2 cm³/mol. The van der Waals surface area contributed by atoms with Crippen LogP contribution in [0.4, 0.5) is 0 Å². The molecule has 0 aliphatic carbocycles. The molecule has 1 aromatic carbocycles. The third-order valence-corrected chi connectivity index (χ3v) is 3.45. The van der Waals surface area contributed by atoms with Crippen molar-refractivity contribution in [3.8, 4) is 11.5 Å². The fraction of sp³-hybridized carbons (Fsp3) is 0.417. The van der Waals surface area contributed by atoms with E-state index in [0.29, 0.717) is 29.3 Å². The van der Waals surface area contributed by atoms with Gasteiger partial charge in [-0.05, 0) is 12.5 Å². The molecule has 3 N–H and O–H groups in total. The van der Waals surface area contributed by atoms with E-state index in [2.05, 4.69) is 5.32 Å². The zero-order valence-corrected chi connectivity index (χ0v) is 10.6. The standard InChI is InChI=1S/C12H14ClNO4/c1-18-11-4-10(15)7(3-8(11)13)9-2-6(5-14-9)12(16)17/h3-4,6,9,14-15H,2,5H2,1H3,(H,16,17). The van der Waals surface area contributed by atoms with Gasteiger partial charge < -0.3 is 20.3 Å².